The van der Waals surface area contributed by atoms with Gasteiger partial charge in [-0.1, -0.05) is 0 Å². The lowest BCUT2D eigenvalue weighted by molar-refractivity contribution is 0.474. The molecule has 0 bridgehead atoms. The van der Waals surface area contributed by atoms with E-state index in [0.717, 1.165) is 24.9 Å². The number of nitrogens with zero attached hydrogens (tertiary/aromatic N) is 6. The van der Waals surface area contributed by atoms with Gasteiger partial charge in [-0.2, -0.15) is 9.65 Å². The van der Waals surface area contributed by atoms with E-state index >= 15 is 0 Å². The van der Waals surface area contributed by atoms with Crippen molar-refractivity contribution >= 4 is 15.5 Å². The van der Waals surface area contributed by atoms with E-state index in [1.807, 2.05) is 11.6 Å². The lowest BCUT2D eigenvalue weighted by Gasteiger charge is -2.35. The molecule has 4 rings (SSSR count). The van der Waals surface area contributed by atoms with Crippen LogP contribution in [-0.2, 0) is 16.9 Å². The Morgan fingerprint density at radius 1 is 1.23 bits per heavy atom. The minimum Gasteiger partial charge on any atom is -0.370 e. The van der Waals surface area contributed by atoms with Crippen LogP contribution in [0.25, 0.3) is 11.1 Å². The maximum absolute atomic E-state index is 13.4. The second-order valence-corrected chi connectivity index (χ2v) is 9.70. The summed E-state index contributed by atoms with van der Waals surface area (Å²) >= 11 is 0. The van der Waals surface area contributed by atoms with Gasteiger partial charge in [0.15, 0.2) is 9.84 Å². The Balaban J connectivity index is 1.77. The number of rotatable bonds is 4. The molecule has 3 heterocycles. The summed E-state index contributed by atoms with van der Waals surface area (Å²) in [6.07, 6.45) is 5.76. The number of hydrogen-bond acceptors (Lipinski definition) is 7. The number of anilines is 1. The van der Waals surface area contributed by atoms with Gasteiger partial charge in [0.1, 0.15) is 18.2 Å². The van der Waals surface area contributed by atoms with E-state index in [1.165, 1.54) is 24.4 Å². The highest BCUT2D eigenvalue weighted by Gasteiger charge is 2.28. The first-order valence-corrected chi connectivity index (χ1v) is 11.7. The molecule has 0 atom stereocenters. The average Bonchev–Trinajstić information content (AvgIpc) is 3.18. The summed E-state index contributed by atoms with van der Waals surface area (Å²) in [6.45, 7) is 1.32. The fourth-order valence-corrected chi connectivity index (χ4v) is 4.69. The maximum atomic E-state index is 13.4. The maximum Gasteiger partial charge on any atom is 0.212 e. The molecule has 160 valence electrons. The molecule has 0 radical (unpaired) electrons. The number of pyridine rings is 1. The fourth-order valence-electron chi connectivity index (χ4n) is 4.03. The van der Waals surface area contributed by atoms with Crippen LogP contribution in [-0.4, -0.2) is 47.5 Å². The van der Waals surface area contributed by atoms with E-state index in [-0.39, 0.29) is 16.4 Å². The number of halogens is 1. The number of nitriles is 1. The molecule has 0 saturated carbocycles. The molecule has 0 amide bonds. The highest BCUT2D eigenvalue weighted by atomic mass is 32.2. The molecule has 1 saturated heterocycles. The third-order valence-corrected chi connectivity index (χ3v) is 6.69. The number of sulfone groups is 1. The molecule has 31 heavy (non-hydrogen) atoms. The largest absolute Gasteiger partial charge is 0.370 e. The molecule has 0 unspecified atom stereocenters. The van der Waals surface area contributed by atoms with Crippen molar-refractivity contribution in [2.24, 2.45) is 7.05 Å². The first kappa shape index (κ1) is 20.9. The van der Waals surface area contributed by atoms with Crippen molar-refractivity contribution in [1.29, 1.82) is 5.26 Å². The Bertz CT molecular complexity index is 1260. The Hall–Kier alpha value is -3.32. The van der Waals surface area contributed by atoms with Gasteiger partial charge in [-0.3, -0.25) is 0 Å². The Kier molecular flexibility index (Phi) is 5.45. The van der Waals surface area contributed by atoms with E-state index in [9.17, 15) is 18.1 Å². The van der Waals surface area contributed by atoms with E-state index in [0.29, 0.717) is 29.9 Å². The molecule has 1 aliphatic heterocycles. The van der Waals surface area contributed by atoms with Gasteiger partial charge in [0.2, 0.25) is 5.95 Å². The molecule has 1 aliphatic rings. The van der Waals surface area contributed by atoms with Crippen LogP contribution in [0.5, 0.6) is 0 Å². The van der Waals surface area contributed by atoms with Gasteiger partial charge in [-0.05, 0) is 37.1 Å². The Morgan fingerprint density at radius 3 is 2.52 bits per heavy atom. The molecular formula is C21H21FN6O2S. The molecule has 0 spiro atoms. The normalized spacial score (nSPS) is 15.1. The predicted molar refractivity (Wildman–Crippen MR) is 113 cm³/mol. The van der Waals surface area contributed by atoms with Crippen LogP contribution in [0.1, 0.15) is 30.1 Å². The van der Waals surface area contributed by atoms with Crippen molar-refractivity contribution in [3.63, 3.8) is 0 Å². The molecule has 2 aromatic heterocycles. The zero-order chi connectivity index (χ0) is 22.2. The quantitative estimate of drug-likeness (QED) is 0.574. The summed E-state index contributed by atoms with van der Waals surface area (Å²) < 4.78 is 39.8. The number of piperidine rings is 1. The lowest BCUT2D eigenvalue weighted by atomic mass is 9.93. The summed E-state index contributed by atoms with van der Waals surface area (Å²) in [5.74, 6) is 0.547. The molecule has 3 aromatic rings. The topological polar surface area (TPSA) is 105 Å². The fraction of sp³-hybridized carbons (Fsp3) is 0.333. The molecule has 10 heteroatoms. The second-order valence-electron chi connectivity index (χ2n) is 7.68. The number of benzene rings is 1. The summed E-state index contributed by atoms with van der Waals surface area (Å²) in [4.78, 5) is 5.83. The van der Waals surface area contributed by atoms with Crippen LogP contribution in [0.15, 0.2) is 41.7 Å². The van der Waals surface area contributed by atoms with Crippen molar-refractivity contribution in [2.45, 2.75) is 23.7 Å². The smallest absolute Gasteiger partial charge is 0.212 e. The zero-order valence-corrected chi connectivity index (χ0v) is 18.0. The highest BCUT2D eigenvalue weighted by Crippen LogP contribution is 2.39. The van der Waals surface area contributed by atoms with Crippen LogP contribution in [0.2, 0.25) is 0 Å². The van der Waals surface area contributed by atoms with E-state index < -0.39 is 15.8 Å². The molecule has 1 aromatic carbocycles. The summed E-state index contributed by atoms with van der Waals surface area (Å²) in [5.41, 5.74) is 2.00. The van der Waals surface area contributed by atoms with Crippen LogP contribution in [0.4, 0.5) is 10.1 Å². The van der Waals surface area contributed by atoms with Crippen LogP contribution >= 0.6 is 0 Å². The van der Waals surface area contributed by atoms with Gasteiger partial charge < -0.3 is 9.47 Å². The van der Waals surface area contributed by atoms with Crippen molar-refractivity contribution in [3.05, 3.63) is 54.1 Å². The number of aromatic nitrogens is 4. The van der Waals surface area contributed by atoms with Gasteiger partial charge >= 0.3 is 0 Å². The van der Waals surface area contributed by atoms with Crippen molar-refractivity contribution < 1.29 is 12.8 Å². The number of aryl methyl sites for hydroxylation is 1. The third-order valence-electron chi connectivity index (χ3n) is 5.59. The van der Waals surface area contributed by atoms with Gasteiger partial charge in [0.25, 0.3) is 0 Å². The van der Waals surface area contributed by atoms with Gasteiger partial charge in [0, 0.05) is 49.6 Å². The summed E-state index contributed by atoms with van der Waals surface area (Å²) in [7, 11) is -1.63. The van der Waals surface area contributed by atoms with E-state index in [4.69, 9.17) is 0 Å². The van der Waals surface area contributed by atoms with Crippen molar-refractivity contribution in [2.75, 3.05) is 24.2 Å². The molecule has 1 fully saturated rings. The van der Waals surface area contributed by atoms with Crippen molar-refractivity contribution in [1.82, 2.24) is 19.7 Å². The Labute approximate surface area is 179 Å². The minimum absolute atomic E-state index is 0.0427. The standard InChI is InChI=1S/C21H21FN6O2S/c1-27-13-25-26-21(27)14-5-7-28(8-6-14)20-16(11-23)9-17(31(2,29)30)10-18(20)15-3-4-19(22)24-12-15/h3-4,9-10,12-14H,5-8H2,1-2H3. The average molecular weight is 441 g/mol. The monoisotopic (exact) mass is 440 g/mol. The SMILES string of the molecule is Cn1cnnc1C1CCN(c2c(C#N)cc(S(C)(=O)=O)cc2-c2ccc(F)nc2)CC1. The van der Waals surface area contributed by atoms with Gasteiger partial charge in [0.05, 0.1) is 16.1 Å². The third kappa shape index (κ3) is 4.14. The van der Waals surface area contributed by atoms with Gasteiger partial charge in [-0.25, -0.2) is 13.4 Å². The van der Waals surface area contributed by atoms with Crippen LogP contribution in [0.3, 0.4) is 0 Å². The van der Waals surface area contributed by atoms with Crippen LogP contribution in [0, 0.1) is 17.3 Å². The predicted octanol–water partition coefficient (Wildman–Crippen LogP) is 2.68. The summed E-state index contributed by atoms with van der Waals surface area (Å²) in [5, 5.41) is 18.0. The van der Waals surface area contributed by atoms with E-state index in [2.05, 4.69) is 26.2 Å². The number of hydrogen-bond donors (Lipinski definition) is 0. The zero-order valence-electron chi connectivity index (χ0n) is 17.2. The molecule has 0 aliphatic carbocycles. The molecule has 0 N–H and O–H groups in total. The summed E-state index contributed by atoms with van der Waals surface area (Å²) in [6, 6.07) is 7.85. The second kappa shape index (κ2) is 8.07. The van der Waals surface area contributed by atoms with Crippen LogP contribution < -0.4 is 4.90 Å². The lowest BCUT2D eigenvalue weighted by Crippen LogP contribution is -2.34. The highest BCUT2D eigenvalue weighted by molar-refractivity contribution is 7.90. The van der Waals surface area contributed by atoms with Gasteiger partial charge in [-0.15, -0.1) is 10.2 Å². The Morgan fingerprint density at radius 2 is 1.97 bits per heavy atom. The molecule has 8 nitrogen and oxygen atoms in total. The minimum atomic E-state index is -3.55. The van der Waals surface area contributed by atoms with E-state index in [1.54, 1.807) is 12.4 Å². The molecular weight excluding hydrogens is 419 g/mol. The first-order valence-electron chi connectivity index (χ1n) is 9.77. The first-order chi connectivity index (χ1) is 14.8. The van der Waals surface area contributed by atoms with Crippen molar-refractivity contribution in [3.8, 4) is 17.2 Å².